The zero-order valence-corrected chi connectivity index (χ0v) is 10.1. The van der Waals surface area contributed by atoms with Gasteiger partial charge in [0, 0.05) is 11.3 Å². The smallest absolute Gasteiger partial charge is 0.264 e. The summed E-state index contributed by atoms with van der Waals surface area (Å²) >= 11 is 15.1. The van der Waals surface area contributed by atoms with E-state index in [1.54, 1.807) is 6.08 Å². The summed E-state index contributed by atoms with van der Waals surface area (Å²) in [5.74, 6) is -0.698. The lowest BCUT2D eigenvalue weighted by molar-refractivity contribution is -0.117. The van der Waals surface area contributed by atoms with Gasteiger partial charge in [-0.15, -0.1) is 0 Å². The Morgan fingerprint density at radius 1 is 1.69 bits per heavy atom. The molecule has 1 aliphatic heterocycles. The largest absolute Gasteiger partial charge is 0.271 e. The number of thiol groups is 1. The number of amides is 1. The van der Waals surface area contributed by atoms with Crippen LogP contribution >= 0.6 is 35.8 Å². The standard InChI is InChI=1S/C7H5Cl2N5OS/c8-4-2-1-3(5(9)12-4)11-6(15)7(16)13-14-10/h2,7,16H,1H2. The Labute approximate surface area is 106 Å². The van der Waals surface area contributed by atoms with Crippen molar-refractivity contribution in [3.63, 3.8) is 0 Å². The van der Waals surface area contributed by atoms with Gasteiger partial charge in [0.05, 0.1) is 5.71 Å². The predicted molar refractivity (Wildman–Crippen MR) is 66.2 cm³/mol. The predicted octanol–water partition coefficient (Wildman–Crippen LogP) is 2.64. The van der Waals surface area contributed by atoms with Crippen LogP contribution in [0.5, 0.6) is 0 Å². The Hall–Kier alpha value is -1.01. The molecular weight excluding hydrogens is 273 g/mol. The molecule has 0 N–H and O–H groups in total. The summed E-state index contributed by atoms with van der Waals surface area (Å²) in [5.41, 5.74) is 8.38. The summed E-state index contributed by atoms with van der Waals surface area (Å²) in [4.78, 5) is 21.1. The van der Waals surface area contributed by atoms with Gasteiger partial charge in [0.15, 0.2) is 10.5 Å². The summed E-state index contributed by atoms with van der Waals surface area (Å²) in [7, 11) is 0. The minimum absolute atomic E-state index is 0.0438. The van der Waals surface area contributed by atoms with E-state index in [1.165, 1.54) is 0 Å². The molecule has 84 valence electrons. The molecule has 0 bridgehead atoms. The molecule has 0 saturated heterocycles. The quantitative estimate of drug-likeness (QED) is 0.272. The molecular formula is C7H5Cl2N5OS. The van der Waals surface area contributed by atoms with Crippen LogP contribution in [0, 0.1) is 0 Å². The van der Waals surface area contributed by atoms with E-state index in [2.05, 4.69) is 32.6 Å². The summed E-state index contributed by atoms with van der Waals surface area (Å²) in [6, 6.07) is 0. The number of hydrogen-bond acceptors (Lipinski definition) is 4. The zero-order valence-electron chi connectivity index (χ0n) is 7.71. The van der Waals surface area contributed by atoms with Crippen molar-refractivity contribution in [3.8, 4) is 0 Å². The number of halogens is 2. The third-order valence-corrected chi connectivity index (χ3v) is 2.40. The second-order valence-corrected chi connectivity index (χ2v) is 3.84. The summed E-state index contributed by atoms with van der Waals surface area (Å²) < 4.78 is 0. The van der Waals surface area contributed by atoms with Gasteiger partial charge in [0.2, 0.25) is 0 Å². The van der Waals surface area contributed by atoms with Crippen LogP contribution in [-0.2, 0) is 4.79 Å². The molecule has 0 radical (unpaired) electrons. The highest BCUT2D eigenvalue weighted by Crippen LogP contribution is 2.15. The van der Waals surface area contributed by atoms with E-state index in [0.717, 1.165) is 0 Å². The van der Waals surface area contributed by atoms with Gasteiger partial charge in [-0.2, -0.15) is 12.6 Å². The number of rotatable bonds is 2. The van der Waals surface area contributed by atoms with Crippen LogP contribution in [0.1, 0.15) is 6.42 Å². The van der Waals surface area contributed by atoms with Gasteiger partial charge in [-0.1, -0.05) is 28.3 Å². The van der Waals surface area contributed by atoms with E-state index < -0.39 is 11.3 Å². The Balaban J connectivity index is 2.84. The van der Waals surface area contributed by atoms with Crippen LogP contribution in [0.3, 0.4) is 0 Å². The molecule has 0 aromatic carbocycles. The van der Waals surface area contributed by atoms with Crippen LogP contribution in [-0.4, -0.2) is 22.2 Å². The van der Waals surface area contributed by atoms with Gasteiger partial charge in [-0.25, -0.2) is 9.98 Å². The highest BCUT2D eigenvalue weighted by Gasteiger charge is 2.16. The van der Waals surface area contributed by atoms with Crippen LogP contribution in [0.4, 0.5) is 0 Å². The molecule has 1 aliphatic rings. The van der Waals surface area contributed by atoms with Gasteiger partial charge < -0.3 is 0 Å². The molecule has 0 aromatic heterocycles. The summed E-state index contributed by atoms with van der Waals surface area (Å²) in [6.45, 7) is 0. The topological polar surface area (TPSA) is 90.6 Å². The Morgan fingerprint density at radius 2 is 2.38 bits per heavy atom. The van der Waals surface area contributed by atoms with Crippen molar-refractivity contribution in [2.75, 3.05) is 0 Å². The molecule has 1 heterocycles. The number of hydrogen-bond donors (Lipinski definition) is 1. The Kier molecular flexibility index (Phi) is 4.82. The highest BCUT2D eigenvalue weighted by molar-refractivity contribution is 7.81. The average Bonchev–Trinajstić information content (AvgIpc) is 2.22. The number of aliphatic imine (C=N–C) groups is 2. The maximum Gasteiger partial charge on any atom is 0.264 e. The average molecular weight is 278 g/mol. The zero-order chi connectivity index (χ0) is 12.1. The van der Waals surface area contributed by atoms with Gasteiger partial charge in [-0.3, -0.25) is 4.79 Å². The van der Waals surface area contributed by atoms with Gasteiger partial charge in [-0.05, 0) is 11.6 Å². The maximum atomic E-state index is 11.3. The van der Waals surface area contributed by atoms with E-state index in [9.17, 15) is 4.79 Å². The summed E-state index contributed by atoms with van der Waals surface area (Å²) in [6.07, 6.45) is 1.85. The second-order valence-electron chi connectivity index (χ2n) is 2.61. The first-order chi connectivity index (χ1) is 7.54. The Morgan fingerprint density at radius 3 is 2.94 bits per heavy atom. The molecule has 0 aliphatic carbocycles. The van der Waals surface area contributed by atoms with Gasteiger partial charge >= 0.3 is 0 Å². The number of carbonyl (C=O) groups excluding carboxylic acids is 1. The molecule has 0 spiro atoms. The van der Waals surface area contributed by atoms with E-state index >= 15 is 0 Å². The van der Waals surface area contributed by atoms with E-state index in [-0.39, 0.29) is 16.0 Å². The Bertz CT molecular complexity index is 452. The fraction of sp³-hybridized carbons (Fsp3) is 0.286. The monoisotopic (exact) mass is 277 g/mol. The molecule has 9 heteroatoms. The molecule has 1 atom stereocenters. The van der Waals surface area contributed by atoms with Crippen molar-refractivity contribution < 1.29 is 4.79 Å². The molecule has 6 nitrogen and oxygen atoms in total. The molecule has 0 saturated carbocycles. The number of carbonyl (C=O) groups is 1. The van der Waals surface area contributed by atoms with E-state index in [4.69, 9.17) is 28.7 Å². The third-order valence-electron chi connectivity index (χ3n) is 1.53. The van der Waals surface area contributed by atoms with Gasteiger partial charge in [0.1, 0.15) is 5.16 Å². The van der Waals surface area contributed by atoms with Crippen molar-refractivity contribution in [1.82, 2.24) is 0 Å². The molecule has 0 aromatic rings. The third kappa shape index (κ3) is 3.53. The normalized spacial score (nSPS) is 19.6. The highest BCUT2D eigenvalue weighted by atomic mass is 35.5. The molecule has 16 heavy (non-hydrogen) atoms. The minimum Gasteiger partial charge on any atom is -0.271 e. The van der Waals surface area contributed by atoms with Crippen LogP contribution in [0.2, 0.25) is 0 Å². The van der Waals surface area contributed by atoms with Crippen LogP contribution in [0.15, 0.2) is 26.3 Å². The molecule has 1 unspecified atom stereocenters. The number of nitrogens with zero attached hydrogens (tertiary/aromatic N) is 5. The summed E-state index contributed by atoms with van der Waals surface area (Å²) in [5, 5.41) is 2.22. The van der Waals surface area contributed by atoms with Crippen molar-refractivity contribution in [3.05, 3.63) is 21.7 Å². The van der Waals surface area contributed by atoms with Crippen molar-refractivity contribution in [2.45, 2.75) is 11.8 Å². The van der Waals surface area contributed by atoms with Crippen molar-refractivity contribution in [1.29, 1.82) is 0 Å². The second kappa shape index (κ2) is 5.91. The number of allylic oxidation sites excluding steroid dienone is 1. The van der Waals surface area contributed by atoms with Crippen molar-refractivity contribution in [2.24, 2.45) is 15.1 Å². The van der Waals surface area contributed by atoms with Gasteiger partial charge in [0.25, 0.3) is 5.91 Å². The van der Waals surface area contributed by atoms with Crippen LogP contribution in [0.25, 0.3) is 10.4 Å². The maximum absolute atomic E-state index is 11.3. The van der Waals surface area contributed by atoms with E-state index in [0.29, 0.717) is 6.42 Å². The SMILES string of the molecule is [N-]=[N+]=NC(S)C(=O)N=C1CC=C(Cl)N=C1Cl. The fourth-order valence-electron chi connectivity index (χ4n) is 0.850. The van der Waals surface area contributed by atoms with Crippen LogP contribution < -0.4 is 0 Å². The minimum atomic E-state index is -1.16. The molecule has 1 rings (SSSR count). The lowest BCUT2D eigenvalue weighted by Gasteiger charge is -2.06. The fourth-order valence-corrected chi connectivity index (χ4v) is 1.37. The lowest BCUT2D eigenvalue weighted by Crippen LogP contribution is -2.17. The molecule has 0 fully saturated rings. The van der Waals surface area contributed by atoms with E-state index in [1.807, 2.05) is 0 Å². The number of azide groups is 1. The molecule has 1 amide bonds. The first kappa shape index (κ1) is 13.1. The first-order valence-corrected chi connectivity index (χ1v) is 5.25. The first-order valence-electron chi connectivity index (χ1n) is 3.98. The van der Waals surface area contributed by atoms with Crippen molar-refractivity contribution >= 4 is 52.6 Å². The lowest BCUT2D eigenvalue weighted by atomic mass is 10.2.